The number of hydrogen-bond acceptors (Lipinski definition) is 8. The average molecular weight is 499 g/mol. The third-order valence-corrected chi connectivity index (χ3v) is 8.07. The maximum Gasteiger partial charge on any atom is 0.316 e. The number of thioether (sulfide) groups is 1. The van der Waals surface area contributed by atoms with Crippen molar-refractivity contribution < 1.29 is 14.3 Å². The maximum absolute atomic E-state index is 13.9. The predicted molar refractivity (Wildman–Crippen MR) is 133 cm³/mol. The third kappa shape index (κ3) is 4.14. The highest BCUT2D eigenvalue weighted by Gasteiger charge is 2.30. The van der Waals surface area contributed by atoms with Gasteiger partial charge in [0, 0.05) is 11.3 Å². The van der Waals surface area contributed by atoms with Gasteiger partial charge in [0.15, 0.2) is 5.16 Å². The Labute approximate surface area is 204 Å². The van der Waals surface area contributed by atoms with Gasteiger partial charge in [0.1, 0.15) is 4.83 Å². The zero-order valence-electron chi connectivity index (χ0n) is 19.3. The largest absolute Gasteiger partial charge is 0.465 e. The van der Waals surface area contributed by atoms with Crippen LogP contribution in [0.15, 0.2) is 40.3 Å². The molecule has 1 aliphatic heterocycles. The van der Waals surface area contributed by atoms with Crippen molar-refractivity contribution in [2.45, 2.75) is 51.6 Å². The molecule has 3 aromatic heterocycles. The summed E-state index contributed by atoms with van der Waals surface area (Å²) in [6.45, 7) is 7.26. The summed E-state index contributed by atoms with van der Waals surface area (Å²) >= 11 is 2.82. The molecule has 5 rings (SSSR count). The molecular formula is C24H26N4O4S2. The Morgan fingerprint density at radius 3 is 2.82 bits per heavy atom. The number of carbonyl (C=O) groups excluding carboxylic acids is 1. The van der Waals surface area contributed by atoms with Gasteiger partial charge in [-0.15, -0.1) is 21.5 Å². The minimum atomic E-state index is -0.309. The average Bonchev–Trinajstić information content (AvgIpc) is 3.42. The van der Waals surface area contributed by atoms with E-state index < -0.39 is 0 Å². The summed E-state index contributed by atoms with van der Waals surface area (Å²) in [5, 5.41) is 10.0. The van der Waals surface area contributed by atoms with Crippen LogP contribution in [0.3, 0.4) is 0 Å². The Kier molecular flexibility index (Phi) is 6.46. The predicted octanol–water partition coefficient (Wildman–Crippen LogP) is 3.91. The Hall–Kier alpha value is -2.69. The SMILES string of the molecule is CCOC(=O)CSc1nnc2n(Cc3ccccc3)c(=O)c3c4c(sc3n12)CO[C@H](C(C)C)C4. The highest BCUT2D eigenvalue weighted by Crippen LogP contribution is 2.37. The van der Waals surface area contributed by atoms with Crippen LogP contribution in [0.25, 0.3) is 16.0 Å². The zero-order valence-corrected chi connectivity index (χ0v) is 20.9. The number of fused-ring (bicyclic) bond motifs is 5. The van der Waals surface area contributed by atoms with Crippen molar-refractivity contribution in [3.8, 4) is 0 Å². The first kappa shape index (κ1) is 23.1. The van der Waals surface area contributed by atoms with Crippen LogP contribution < -0.4 is 5.56 Å². The van der Waals surface area contributed by atoms with Crippen LogP contribution >= 0.6 is 23.1 Å². The van der Waals surface area contributed by atoms with E-state index in [4.69, 9.17) is 9.47 Å². The summed E-state index contributed by atoms with van der Waals surface area (Å²) in [7, 11) is 0. The molecule has 1 atom stereocenters. The van der Waals surface area contributed by atoms with Crippen molar-refractivity contribution in [2.24, 2.45) is 5.92 Å². The summed E-state index contributed by atoms with van der Waals surface area (Å²) in [6.07, 6.45) is 0.772. The molecule has 0 bridgehead atoms. The van der Waals surface area contributed by atoms with Crippen molar-refractivity contribution in [1.82, 2.24) is 19.2 Å². The number of ether oxygens (including phenoxy) is 2. The molecule has 8 nitrogen and oxygen atoms in total. The van der Waals surface area contributed by atoms with Crippen LogP contribution in [-0.2, 0) is 33.8 Å². The molecule has 10 heteroatoms. The van der Waals surface area contributed by atoms with Gasteiger partial charge in [0.25, 0.3) is 5.56 Å². The van der Waals surface area contributed by atoms with Gasteiger partial charge >= 0.3 is 5.97 Å². The fourth-order valence-electron chi connectivity index (χ4n) is 4.25. The quantitative estimate of drug-likeness (QED) is 0.282. The molecule has 0 aliphatic carbocycles. The minimum Gasteiger partial charge on any atom is -0.465 e. The molecule has 34 heavy (non-hydrogen) atoms. The number of benzene rings is 1. The van der Waals surface area contributed by atoms with E-state index in [0.717, 1.165) is 20.8 Å². The van der Waals surface area contributed by atoms with Gasteiger partial charge in [0.2, 0.25) is 5.78 Å². The number of rotatable bonds is 7. The lowest BCUT2D eigenvalue weighted by atomic mass is 9.96. The maximum atomic E-state index is 13.9. The van der Waals surface area contributed by atoms with Gasteiger partial charge in [-0.3, -0.25) is 14.2 Å². The molecule has 0 saturated carbocycles. The second-order valence-corrected chi connectivity index (χ2v) is 10.6. The minimum absolute atomic E-state index is 0.0670. The summed E-state index contributed by atoms with van der Waals surface area (Å²) < 4.78 is 14.8. The molecule has 4 aromatic rings. The summed E-state index contributed by atoms with van der Waals surface area (Å²) in [4.78, 5) is 27.7. The molecule has 0 radical (unpaired) electrons. The van der Waals surface area contributed by atoms with Gasteiger partial charge in [-0.05, 0) is 24.0 Å². The molecular weight excluding hydrogens is 472 g/mol. The Morgan fingerprint density at radius 1 is 1.29 bits per heavy atom. The van der Waals surface area contributed by atoms with E-state index in [1.165, 1.54) is 11.8 Å². The molecule has 178 valence electrons. The highest BCUT2D eigenvalue weighted by molar-refractivity contribution is 7.99. The Bertz CT molecular complexity index is 1410. The number of carbonyl (C=O) groups is 1. The van der Waals surface area contributed by atoms with Gasteiger partial charge in [-0.25, -0.2) is 4.40 Å². The van der Waals surface area contributed by atoms with Gasteiger partial charge in [0.05, 0.1) is 37.0 Å². The standard InChI is InChI=1S/C24H26N4O4S2/c1-4-31-19(29)13-33-24-26-25-23-27(11-15-8-6-5-7-9-15)21(30)20-16-10-17(14(2)3)32-12-18(16)34-22(20)28(23)24/h5-9,14,17H,4,10-13H2,1-3H3/t17-/m0/s1. The topological polar surface area (TPSA) is 87.7 Å². The van der Waals surface area contributed by atoms with E-state index >= 15 is 0 Å². The molecule has 0 spiro atoms. The zero-order chi connectivity index (χ0) is 23.8. The van der Waals surface area contributed by atoms with Crippen molar-refractivity contribution in [3.63, 3.8) is 0 Å². The van der Waals surface area contributed by atoms with Crippen LogP contribution in [0.2, 0.25) is 0 Å². The van der Waals surface area contributed by atoms with Crippen LogP contribution in [0.1, 0.15) is 36.8 Å². The molecule has 0 saturated heterocycles. The Morgan fingerprint density at radius 2 is 2.09 bits per heavy atom. The summed E-state index contributed by atoms with van der Waals surface area (Å²) in [5.41, 5.74) is 2.00. The molecule has 0 unspecified atom stereocenters. The van der Waals surface area contributed by atoms with Crippen LogP contribution in [0.5, 0.6) is 0 Å². The molecule has 0 N–H and O–H groups in total. The summed E-state index contributed by atoms with van der Waals surface area (Å²) in [6, 6.07) is 9.85. The van der Waals surface area contributed by atoms with E-state index in [-0.39, 0.29) is 23.4 Å². The summed E-state index contributed by atoms with van der Waals surface area (Å²) in [5.74, 6) is 0.630. The van der Waals surface area contributed by atoms with E-state index in [1.807, 2.05) is 34.7 Å². The molecule has 1 aromatic carbocycles. The second-order valence-electron chi connectivity index (χ2n) is 8.57. The third-order valence-electron chi connectivity index (χ3n) is 5.98. The lowest BCUT2D eigenvalue weighted by molar-refractivity contribution is -0.139. The van der Waals surface area contributed by atoms with Gasteiger partial charge in [-0.2, -0.15) is 0 Å². The first-order valence-electron chi connectivity index (χ1n) is 11.3. The first-order chi connectivity index (χ1) is 16.5. The number of esters is 1. The molecule has 1 aliphatic rings. The van der Waals surface area contributed by atoms with Crippen LogP contribution in [0.4, 0.5) is 0 Å². The molecule has 0 amide bonds. The van der Waals surface area contributed by atoms with Crippen LogP contribution in [-0.4, -0.2) is 43.6 Å². The normalized spacial score (nSPS) is 15.8. The van der Waals surface area contributed by atoms with E-state index in [1.54, 1.807) is 22.8 Å². The van der Waals surface area contributed by atoms with E-state index in [2.05, 4.69) is 24.0 Å². The van der Waals surface area contributed by atoms with Crippen molar-refractivity contribution in [2.75, 3.05) is 12.4 Å². The fourth-order valence-corrected chi connectivity index (χ4v) is 6.28. The van der Waals surface area contributed by atoms with Crippen molar-refractivity contribution >= 4 is 45.1 Å². The lowest BCUT2D eigenvalue weighted by Gasteiger charge is -2.26. The number of thiophene rings is 1. The van der Waals surface area contributed by atoms with Gasteiger partial charge in [-0.1, -0.05) is 55.9 Å². The second kappa shape index (κ2) is 9.52. The highest BCUT2D eigenvalue weighted by atomic mass is 32.2. The molecule has 4 heterocycles. The fraction of sp³-hybridized carbons (Fsp3) is 0.417. The number of nitrogens with zero attached hydrogens (tertiary/aromatic N) is 4. The van der Waals surface area contributed by atoms with Crippen molar-refractivity contribution in [1.29, 1.82) is 0 Å². The van der Waals surface area contributed by atoms with Crippen LogP contribution in [0, 0.1) is 5.92 Å². The number of aromatic nitrogens is 4. The lowest BCUT2D eigenvalue weighted by Crippen LogP contribution is -2.28. The van der Waals surface area contributed by atoms with Crippen molar-refractivity contribution in [3.05, 3.63) is 56.7 Å². The van der Waals surface area contributed by atoms with Gasteiger partial charge < -0.3 is 9.47 Å². The monoisotopic (exact) mass is 498 g/mol. The van der Waals surface area contributed by atoms with E-state index in [9.17, 15) is 9.59 Å². The molecule has 0 fully saturated rings. The Balaban J connectivity index is 1.70. The smallest absolute Gasteiger partial charge is 0.316 e. The van der Waals surface area contributed by atoms with E-state index in [0.29, 0.717) is 48.4 Å². The number of hydrogen-bond donors (Lipinski definition) is 0. The first-order valence-corrected chi connectivity index (χ1v) is 13.1.